The van der Waals surface area contributed by atoms with Crippen LogP contribution in [0.4, 0.5) is 5.95 Å². The molecule has 0 aliphatic carbocycles. The molecule has 72 valence electrons. The van der Waals surface area contributed by atoms with Gasteiger partial charge >= 0.3 is 0 Å². The second-order valence-electron chi connectivity index (χ2n) is 3.80. The van der Waals surface area contributed by atoms with Crippen LogP contribution in [0.5, 0.6) is 5.88 Å². The van der Waals surface area contributed by atoms with Gasteiger partial charge in [-0.15, -0.1) is 0 Å². The van der Waals surface area contributed by atoms with E-state index in [0.717, 1.165) is 0 Å². The topological polar surface area (TPSA) is 47.0 Å². The van der Waals surface area contributed by atoms with Gasteiger partial charge in [0.25, 0.3) is 0 Å². The van der Waals surface area contributed by atoms with E-state index in [1.807, 2.05) is 0 Å². The fourth-order valence-corrected chi connectivity index (χ4v) is 0.851. The maximum absolute atomic E-state index is 4.98. The molecule has 0 amide bonds. The Labute approximate surface area is 78.4 Å². The van der Waals surface area contributed by atoms with Gasteiger partial charge < -0.3 is 10.1 Å². The molecule has 0 radical (unpaired) electrons. The van der Waals surface area contributed by atoms with Gasteiger partial charge in [-0.3, -0.25) is 0 Å². The molecule has 1 N–H and O–H groups in total. The van der Waals surface area contributed by atoms with Gasteiger partial charge in [-0.2, -0.15) is 4.98 Å². The van der Waals surface area contributed by atoms with Crippen LogP contribution in [0.2, 0.25) is 0 Å². The predicted octanol–water partition coefficient (Wildman–Crippen LogP) is 1.70. The van der Waals surface area contributed by atoms with Gasteiger partial charge in [-0.1, -0.05) is 0 Å². The van der Waals surface area contributed by atoms with Crippen molar-refractivity contribution in [2.45, 2.75) is 26.3 Å². The van der Waals surface area contributed by atoms with Crippen LogP contribution in [0.3, 0.4) is 0 Å². The molecule has 4 heteroatoms. The number of nitrogens with zero attached hydrogens (tertiary/aromatic N) is 2. The van der Waals surface area contributed by atoms with Crippen LogP contribution < -0.4 is 10.1 Å². The lowest BCUT2D eigenvalue weighted by Crippen LogP contribution is -2.27. The van der Waals surface area contributed by atoms with E-state index in [1.54, 1.807) is 19.4 Å². The summed E-state index contributed by atoms with van der Waals surface area (Å²) in [5.74, 6) is 1.16. The quantitative estimate of drug-likeness (QED) is 0.754. The number of anilines is 1. The summed E-state index contributed by atoms with van der Waals surface area (Å²) < 4.78 is 4.98. The summed E-state index contributed by atoms with van der Waals surface area (Å²) in [6, 6.07) is 1.72. The molecule has 0 bridgehead atoms. The summed E-state index contributed by atoms with van der Waals surface area (Å²) in [5.41, 5.74) is -0.0354. The average molecular weight is 181 g/mol. The summed E-state index contributed by atoms with van der Waals surface area (Å²) in [6.07, 6.45) is 1.67. The highest BCUT2D eigenvalue weighted by molar-refractivity contribution is 5.30. The van der Waals surface area contributed by atoms with Crippen molar-refractivity contribution < 1.29 is 4.74 Å². The monoisotopic (exact) mass is 181 g/mol. The minimum Gasteiger partial charge on any atom is -0.481 e. The summed E-state index contributed by atoms with van der Waals surface area (Å²) in [4.78, 5) is 8.20. The Morgan fingerprint density at radius 1 is 1.38 bits per heavy atom. The van der Waals surface area contributed by atoms with Crippen molar-refractivity contribution in [1.82, 2.24) is 9.97 Å². The van der Waals surface area contributed by atoms with E-state index in [-0.39, 0.29) is 5.54 Å². The molecule has 0 aliphatic heterocycles. The second kappa shape index (κ2) is 3.60. The molecule has 0 unspecified atom stereocenters. The summed E-state index contributed by atoms with van der Waals surface area (Å²) in [7, 11) is 1.59. The van der Waals surface area contributed by atoms with E-state index in [0.29, 0.717) is 11.8 Å². The lowest BCUT2D eigenvalue weighted by Gasteiger charge is -2.20. The molecule has 0 aliphatic rings. The Bertz CT molecular complexity index is 280. The van der Waals surface area contributed by atoms with Crippen LogP contribution in [0.15, 0.2) is 12.3 Å². The number of rotatable bonds is 2. The van der Waals surface area contributed by atoms with Crippen LogP contribution in [0, 0.1) is 0 Å². The van der Waals surface area contributed by atoms with E-state index in [4.69, 9.17) is 4.74 Å². The highest BCUT2D eigenvalue weighted by Gasteiger charge is 2.10. The molecule has 0 spiro atoms. The predicted molar refractivity (Wildman–Crippen MR) is 52.0 cm³/mol. The van der Waals surface area contributed by atoms with Gasteiger partial charge in [0.05, 0.1) is 7.11 Å². The zero-order chi connectivity index (χ0) is 9.90. The lowest BCUT2D eigenvalue weighted by atomic mass is 10.1. The van der Waals surface area contributed by atoms with Gasteiger partial charge in [-0.05, 0) is 20.8 Å². The van der Waals surface area contributed by atoms with Gasteiger partial charge in [0, 0.05) is 17.8 Å². The molecule has 0 aromatic carbocycles. The van der Waals surface area contributed by atoms with Crippen molar-refractivity contribution in [3.8, 4) is 5.88 Å². The van der Waals surface area contributed by atoms with E-state index in [1.165, 1.54) is 0 Å². The third-order valence-electron chi connectivity index (χ3n) is 1.33. The number of ether oxygens (including phenoxy) is 1. The van der Waals surface area contributed by atoms with Gasteiger partial charge in [0.1, 0.15) is 0 Å². The highest BCUT2D eigenvalue weighted by Crippen LogP contribution is 2.12. The lowest BCUT2D eigenvalue weighted by molar-refractivity contribution is 0.397. The third-order valence-corrected chi connectivity index (χ3v) is 1.33. The van der Waals surface area contributed by atoms with E-state index in [9.17, 15) is 0 Å². The second-order valence-corrected chi connectivity index (χ2v) is 3.80. The van der Waals surface area contributed by atoms with E-state index >= 15 is 0 Å². The van der Waals surface area contributed by atoms with E-state index in [2.05, 4.69) is 36.1 Å². The van der Waals surface area contributed by atoms with Crippen molar-refractivity contribution in [3.63, 3.8) is 0 Å². The summed E-state index contributed by atoms with van der Waals surface area (Å²) >= 11 is 0. The van der Waals surface area contributed by atoms with Crippen LogP contribution in [0.1, 0.15) is 20.8 Å². The molecule has 0 saturated carbocycles. The average Bonchev–Trinajstić information content (AvgIpc) is 2.01. The first-order chi connectivity index (χ1) is 6.01. The van der Waals surface area contributed by atoms with Gasteiger partial charge in [0.15, 0.2) is 0 Å². The largest absolute Gasteiger partial charge is 0.481 e. The Balaban J connectivity index is 2.78. The zero-order valence-corrected chi connectivity index (χ0v) is 8.46. The molecule has 1 rings (SSSR count). The molecular weight excluding hydrogens is 166 g/mol. The minimum atomic E-state index is -0.0354. The maximum Gasteiger partial charge on any atom is 0.226 e. The standard InChI is InChI=1S/C9H15N3O/c1-9(2,3)12-8-10-6-5-7(11-8)13-4/h5-6H,1-4H3,(H,10,11,12). The summed E-state index contributed by atoms with van der Waals surface area (Å²) in [6.45, 7) is 6.15. The number of aromatic nitrogens is 2. The van der Waals surface area contributed by atoms with Crippen LogP contribution in [-0.2, 0) is 0 Å². The molecular formula is C9H15N3O. The molecule has 4 nitrogen and oxygen atoms in total. The third kappa shape index (κ3) is 3.27. The van der Waals surface area contributed by atoms with Gasteiger partial charge in [0.2, 0.25) is 11.8 Å². The van der Waals surface area contributed by atoms with Crippen LogP contribution >= 0.6 is 0 Å². The normalized spacial score (nSPS) is 11.1. The molecule has 1 aromatic rings. The maximum atomic E-state index is 4.98. The first kappa shape index (κ1) is 9.77. The van der Waals surface area contributed by atoms with Crippen LogP contribution in [-0.4, -0.2) is 22.6 Å². The smallest absolute Gasteiger partial charge is 0.226 e. The number of methoxy groups -OCH3 is 1. The molecule has 0 saturated heterocycles. The van der Waals surface area contributed by atoms with Gasteiger partial charge in [-0.25, -0.2) is 4.98 Å². The Hall–Kier alpha value is -1.32. The molecule has 1 heterocycles. The number of hydrogen-bond acceptors (Lipinski definition) is 4. The molecule has 0 atom stereocenters. The van der Waals surface area contributed by atoms with Crippen molar-refractivity contribution in [3.05, 3.63) is 12.3 Å². The van der Waals surface area contributed by atoms with Crippen molar-refractivity contribution >= 4 is 5.95 Å². The fourth-order valence-electron chi connectivity index (χ4n) is 0.851. The zero-order valence-electron chi connectivity index (χ0n) is 8.46. The molecule has 0 fully saturated rings. The summed E-state index contributed by atoms with van der Waals surface area (Å²) in [5, 5.41) is 3.15. The number of nitrogens with one attached hydrogen (secondary N) is 1. The first-order valence-electron chi connectivity index (χ1n) is 4.16. The Morgan fingerprint density at radius 2 is 2.08 bits per heavy atom. The first-order valence-corrected chi connectivity index (χ1v) is 4.16. The SMILES string of the molecule is COc1ccnc(NC(C)(C)C)n1. The van der Waals surface area contributed by atoms with Crippen LogP contribution in [0.25, 0.3) is 0 Å². The number of hydrogen-bond donors (Lipinski definition) is 1. The highest BCUT2D eigenvalue weighted by atomic mass is 16.5. The molecule has 1 aromatic heterocycles. The van der Waals surface area contributed by atoms with Crippen molar-refractivity contribution in [1.29, 1.82) is 0 Å². The fraction of sp³-hybridized carbons (Fsp3) is 0.556. The van der Waals surface area contributed by atoms with Crippen molar-refractivity contribution in [2.24, 2.45) is 0 Å². The Kier molecular flexibility index (Phi) is 2.70. The van der Waals surface area contributed by atoms with E-state index < -0.39 is 0 Å². The Morgan fingerprint density at radius 3 is 2.62 bits per heavy atom. The molecule has 13 heavy (non-hydrogen) atoms. The van der Waals surface area contributed by atoms with Crippen molar-refractivity contribution in [2.75, 3.05) is 12.4 Å². The minimum absolute atomic E-state index is 0.0354.